The van der Waals surface area contributed by atoms with Crippen molar-refractivity contribution >= 4 is 5.97 Å². The third-order valence-electron chi connectivity index (χ3n) is 4.25. The standard InChI is InChI=1S/C16H20F2O2/c1-20-15(19)10-7-11-5-8-12(9-6-11)13-3-2-4-14(17)16(13)18/h2-4,11-12H,5-10H2,1H3. The van der Waals surface area contributed by atoms with Crippen LogP contribution in [0, 0.1) is 17.6 Å². The van der Waals surface area contributed by atoms with Crippen molar-refractivity contribution in [2.24, 2.45) is 5.92 Å². The minimum Gasteiger partial charge on any atom is -0.469 e. The van der Waals surface area contributed by atoms with Gasteiger partial charge in [-0.25, -0.2) is 8.78 Å². The van der Waals surface area contributed by atoms with Crippen LogP contribution >= 0.6 is 0 Å². The molecule has 0 unspecified atom stereocenters. The molecule has 0 aliphatic heterocycles. The minimum atomic E-state index is -0.768. The molecule has 1 aliphatic rings. The smallest absolute Gasteiger partial charge is 0.305 e. The number of hydrogen-bond donors (Lipinski definition) is 0. The summed E-state index contributed by atoms with van der Waals surface area (Å²) in [5.41, 5.74) is 0.497. The lowest BCUT2D eigenvalue weighted by Gasteiger charge is -2.28. The maximum Gasteiger partial charge on any atom is 0.305 e. The van der Waals surface area contributed by atoms with E-state index in [-0.39, 0.29) is 11.9 Å². The first-order valence-corrected chi connectivity index (χ1v) is 7.12. The van der Waals surface area contributed by atoms with Gasteiger partial charge < -0.3 is 4.74 Å². The highest BCUT2D eigenvalue weighted by Gasteiger charge is 2.25. The van der Waals surface area contributed by atoms with Gasteiger partial charge in [0.1, 0.15) is 0 Å². The lowest BCUT2D eigenvalue weighted by atomic mass is 9.77. The highest BCUT2D eigenvalue weighted by molar-refractivity contribution is 5.69. The van der Waals surface area contributed by atoms with E-state index in [1.807, 2.05) is 0 Å². The Hall–Kier alpha value is -1.45. The van der Waals surface area contributed by atoms with E-state index in [0.29, 0.717) is 17.9 Å². The Morgan fingerprint density at radius 3 is 2.60 bits per heavy atom. The number of halogens is 2. The van der Waals surface area contributed by atoms with Gasteiger partial charge in [0.05, 0.1) is 7.11 Å². The Bertz CT molecular complexity index is 466. The van der Waals surface area contributed by atoms with Gasteiger partial charge in [-0.1, -0.05) is 12.1 Å². The van der Waals surface area contributed by atoms with Crippen LogP contribution < -0.4 is 0 Å². The molecule has 1 aromatic rings. The Labute approximate surface area is 118 Å². The number of carbonyl (C=O) groups excluding carboxylic acids is 1. The van der Waals surface area contributed by atoms with Gasteiger partial charge in [0.25, 0.3) is 0 Å². The Kier molecular flexibility index (Phi) is 5.10. The van der Waals surface area contributed by atoms with Crippen molar-refractivity contribution in [3.63, 3.8) is 0 Å². The van der Waals surface area contributed by atoms with E-state index >= 15 is 0 Å². The van der Waals surface area contributed by atoms with E-state index in [4.69, 9.17) is 0 Å². The summed E-state index contributed by atoms with van der Waals surface area (Å²) in [6.07, 6.45) is 4.89. The molecule has 0 bridgehead atoms. The number of methoxy groups -OCH3 is 1. The van der Waals surface area contributed by atoms with Crippen LogP contribution in [0.1, 0.15) is 50.0 Å². The van der Waals surface area contributed by atoms with Crippen molar-refractivity contribution in [1.29, 1.82) is 0 Å². The SMILES string of the molecule is COC(=O)CCC1CCC(c2cccc(F)c2F)CC1. The molecule has 4 heteroatoms. The fourth-order valence-corrected chi connectivity index (χ4v) is 3.02. The maximum atomic E-state index is 13.7. The van der Waals surface area contributed by atoms with Crippen molar-refractivity contribution in [3.05, 3.63) is 35.4 Å². The number of ether oxygens (including phenoxy) is 1. The van der Waals surface area contributed by atoms with Crippen LogP contribution in [0.3, 0.4) is 0 Å². The zero-order chi connectivity index (χ0) is 14.5. The van der Waals surface area contributed by atoms with Gasteiger partial charge in [0.15, 0.2) is 11.6 Å². The van der Waals surface area contributed by atoms with E-state index < -0.39 is 11.6 Å². The average Bonchev–Trinajstić information content (AvgIpc) is 2.48. The Balaban J connectivity index is 1.88. The number of hydrogen-bond acceptors (Lipinski definition) is 2. The summed E-state index contributed by atoms with van der Waals surface area (Å²) in [5, 5.41) is 0. The van der Waals surface area contributed by atoms with Crippen molar-refractivity contribution in [2.45, 2.75) is 44.4 Å². The first kappa shape index (κ1) is 14.9. The molecule has 1 aliphatic carbocycles. The van der Waals surface area contributed by atoms with Crippen molar-refractivity contribution in [3.8, 4) is 0 Å². The molecule has 2 rings (SSSR count). The molecular weight excluding hydrogens is 262 g/mol. The molecule has 20 heavy (non-hydrogen) atoms. The van der Waals surface area contributed by atoms with Crippen LogP contribution in [0.5, 0.6) is 0 Å². The van der Waals surface area contributed by atoms with Crippen molar-refractivity contribution in [2.75, 3.05) is 7.11 Å². The van der Waals surface area contributed by atoms with Gasteiger partial charge in [-0.3, -0.25) is 4.79 Å². The lowest BCUT2D eigenvalue weighted by Crippen LogP contribution is -2.16. The maximum absolute atomic E-state index is 13.7. The van der Waals surface area contributed by atoms with Crippen molar-refractivity contribution in [1.82, 2.24) is 0 Å². The minimum absolute atomic E-state index is 0.0973. The normalized spacial score (nSPS) is 22.6. The first-order chi connectivity index (χ1) is 9.61. The molecule has 0 heterocycles. The summed E-state index contributed by atoms with van der Waals surface area (Å²) >= 11 is 0. The van der Waals surface area contributed by atoms with Crippen LogP contribution in [0.2, 0.25) is 0 Å². The number of rotatable bonds is 4. The third kappa shape index (κ3) is 3.56. The van der Waals surface area contributed by atoms with Gasteiger partial charge in [-0.05, 0) is 55.6 Å². The Morgan fingerprint density at radius 2 is 1.95 bits per heavy atom. The molecule has 0 radical (unpaired) electrons. The quantitative estimate of drug-likeness (QED) is 0.774. The zero-order valence-corrected chi connectivity index (χ0v) is 11.7. The first-order valence-electron chi connectivity index (χ1n) is 7.12. The molecule has 0 spiro atoms. The van der Waals surface area contributed by atoms with E-state index in [9.17, 15) is 13.6 Å². The summed E-state index contributed by atoms with van der Waals surface area (Å²) in [6.45, 7) is 0. The van der Waals surface area contributed by atoms with Crippen LogP contribution in [0.25, 0.3) is 0 Å². The molecular formula is C16H20F2O2. The predicted octanol–water partition coefficient (Wildman–Crippen LogP) is 4.19. The van der Waals surface area contributed by atoms with Gasteiger partial charge in [0.2, 0.25) is 0 Å². The summed E-state index contributed by atoms with van der Waals surface area (Å²) < 4.78 is 31.6. The van der Waals surface area contributed by atoms with E-state index in [1.54, 1.807) is 12.1 Å². The van der Waals surface area contributed by atoms with Crippen LogP contribution in [0.15, 0.2) is 18.2 Å². The average molecular weight is 282 g/mol. The highest BCUT2D eigenvalue weighted by Crippen LogP contribution is 2.38. The van der Waals surface area contributed by atoms with E-state index in [1.165, 1.54) is 7.11 Å². The summed E-state index contributed by atoms with van der Waals surface area (Å²) in [7, 11) is 1.39. The van der Waals surface area contributed by atoms with Crippen LogP contribution in [-0.2, 0) is 9.53 Å². The number of benzene rings is 1. The molecule has 1 fully saturated rings. The van der Waals surface area contributed by atoms with E-state index in [2.05, 4.69) is 4.74 Å². The third-order valence-corrected chi connectivity index (χ3v) is 4.25. The fourth-order valence-electron chi connectivity index (χ4n) is 3.02. The Morgan fingerprint density at radius 1 is 1.25 bits per heavy atom. The van der Waals surface area contributed by atoms with E-state index in [0.717, 1.165) is 38.2 Å². The summed E-state index contributed by atoms with van der Waals surface area (Å²) in [5.74, 6) is -1.06. The van der Waals surface area contributed by atoms with Gasteiger partial charge >= 0.3 is 5.97 Å². The van der Waals surface area contributed by atoms with Crippen molar-refractivity contribution < 1.29 is 18.3 Å². The molecule has 2 nitrogen and oxygen atoms in total. The molecule has 0 aromatic heterocycles. The summed E-state index contributed by atoms with van der Waals surface area (Å²) in [6, 6.07) is 4.40. The molecule has 0 N–H and O–H groups in total. The number of carbonyl (C=O) groups is 1. The predicted molar refractivity (Wildman–Crippen MR) is 72.3 cm³/mol. The molecule has 0 atom stereocenters. The number of esters is 1. The van der Waals surface area contributed by atoms with Crippen LogP contribution in [0.4, 0.5) is 8.78 Å². The van der Waals surface area contributed by atoms with Gasteiger partial charge in [-0.2, -0.15) is 0 Å². The zero-order valence-electron chi connectivity index (χ0n) is 11.7. The molecule has 1 aromatic carbocycles. The fraction of sp³-hybridized carbons (Fsp3) is 0.562. The second kappa shape index (κ2) is 6.82. The monoisotopic (exact) mass is 282 g/mol. The second-order valence-corrected chi connectivity index (χ2v) is 5.48. The highest BCUT2D eigenvalue weighted by atomic mass is 19.2. The van der Waals surface area contributed by atoms with Gasteiger partial charge in [-0.15, -0.1) is 0 Å². The summed E-state index contributed by atoms with van der Waals surface area (Å²) in [4.78, 5) is 11.1. The van der Waals surface area contributed by atoms with Crippen LogP contribution in [-0.4, -0.2) is 13.1 Å². The second-order valence-electron chi connectivity index (χ2n) is 5.48. The molecule has 110 valence electrons. The molecule has 1 saturated carbocycles. The molecule has 0 saturated heterocycles. The van der Waals surface area contributed by atoms with Gasteiger partial charge in [0, 0.05) is 6.42 Å². The molecule has 0 amide bonds. The topological polar surface area (TPSA) is 26.3 Å². The lowest BCUT2D eigenvalue weighted by molar-refractivity contribution is -0.141. The largest absolute Gasteiger partial charge is 0.469 e.